The summed E-state index contributed by atoms with van der Waals surface area (Å²) >= 11 is 0. The van der Waals surface area contributed by atoms with Gasteiger partial charge in [-0.1, -0.05) is 55.7 Å². The van der Waals surface area contributed by atoms with Gasteiger partial charge in [0.25, 0.3) is 0 Å². The van der Waals surface area contributed by atoms with Crippen LogP contribution in [0.1, 0.15) is 60.3 Å². The molecule has 0 bridgehead atoms. The maximum Gasteiger partial charge on any atom is 0.238 e. The van der Waals surface area contributed by atoms with E-state index in [0.717, 1.165) is 54.6 Å². The van der Waals surface area contributed by atoms with Gasteiger partial charge >= 0.3 is 0 Å². The molecule has 3 aromatic carbocycles. The van der Waals surface area contributed by atoms with Crippen LogP contribution in [0.3, 0.4) is 0 Å². The van der Waals surface area contributed by atoms with Gasteiger partial charge in [-0.05, 0) is 79.5 Å². The number of rotatable bonds is 8. The second-order valence-corrected chi connectivity index (χ2v) is 10.8. The lowest BCUT2D eigenvalue weighted by Gasteiger charge is -2.21. The summed E-state index contributed by atoms with van der Waals surface area (Å²) in [5.74, 6) is -1.13. The smallest absolute Gasteiger partial charge is 0.238 e. The summed E-state index contributed by atoms with van der Waals surface area (Å²) in [5, 5.41) is 5.93. The van der Waals surface area contributed by atoms with Crippen LogP contribution in [-0.2, 0) is 22.7 Å². The van der Waals surface area contributed by atoms with Crippen molar-refractivity contribution in [3.8, 4) is 0 Å². The predicted molar refractivity (Wildman–Crippen MR) is 153 cm³/mol. The molecule has 1 aliphatic carbocycles. The van der Waals surface area contributed by atoms with Gasteiger partial charge in [-0.15, -0.1) is 0 Å². The highest BCUT2D eigenvalue weighted by Gasteiger charge is 2.35. The van der Waals surface area contributed by atoms with Gasteiger partial charge in [0.1, 0.15) is 11.7 Å². The van der Waals surface area contributed by atoms with Crippen molar-refractivity contribution in [2.75, 3.05) is 19.4 Å². The van der Waals surface area contributed by atoms with Gasteiger partial charge in [-0.25, -0.2) is 4.39 Å². The Morgan fingerprint density at radius 1 is 1.00 bits per heavy atom. The van der Waals surface area contributed by atoms with Crippen LogP contribution in [0.15, 0.2) is 71.7 Å². The van der Waals surface area contributed by atoms with Crippen LogP contribution in [0.25, 0.3) is 0 Å². The molecule has 1 atom stereocenters. The van der Waals surface area contributed by atoms with Crippen LogP contribution in [0.2, 0.25) is 0 Å². The number of benzene rings is 3. The number of anilines is 1. The highest BCUT2D eigenvalue weighted by molar-refractivity contribution is 6.24. The lowest BCUT2D eigenvalue weighted by molar-refractivity contribution is -0.126. The average Bonchev–Trinajstić information content (AvgIpc) is 3.26. The summed E-state index contributed by atoms with van der Waals surface area (Å²) in [6, 6.07) is 20.1. The Bertz CT molecular complexity index is 1380. The Morgan fingerprint density at radius 3 is 2.51 bits per heavy atom. The zero-order valence-corrected chi connectivity index (χ0v) is 22.5. The quantitative estimate of drug-likeness (QED) is 0.357. The van der Waals surface area contributed by atoms with Gasteiger partial charge in [-0.3, -0.25) is 14.6 Å². The first-order valence-corrected chi connectivity index (χ1v) is 13.7. The van der Waals surface area contributed by atoms with Crippen molar-refractivity contribution in [3.05, 3.63) is 94.8 Å². The Hall–Kier alpha value is -3.84. The van der Waals surface area contributed by atoms with Gasteiger partial charge in [-0.2, -0.15) is 0 Å². The molecule has 0 aromatic heterocycles. The molecule has 1 saturated carbocycles. The topological polar surface area (TPSA) is 73.8 Å². The number of carbonyl (C=O) groups is 2. The minimum atomic E-state index is -0.686. The first-order chi connectivity index (χ1) is 18.9. The Balaban J connectivity index is 1.46. The zero-order chi connectivity index (χ0) is 27.4. The number of nitrogens with one attached hydrogen (secondary N) is 2. The van der Waals surface area contributed by atoms with Crippen molar-refractivity contribution in [2.45, 2.75) is 51.1 Å². The molecule has 7 heteroatoms. The standard InChI is InChI=1S/C32H35FN4O2/c1-37(2)20-21-11-14-26(15-12-21)35-30(29-27-16-13-25(33)18-28(27)36-32(29)39)24-10-6-7-22(17-24)19-34-31(38)23-8-4-3-5-9-23/h6-7,10-18,23,29H,3-5,8-9,19-20H2,1-2H3,(H,34,38)(H,36,39). The summed E-state index contributed by atoms with van der Waals surface area (Å²) in [4.78, 5) is 33.0. The molecule has 1 heterocycles. The molecule has 6 nitrogen and oxygen atoms in total. The van der Waals surface area contributed by atoms with Gasteiger partial charge in [0.2, 0.25) is 11.8 Å². The third-order valence-corrected chi connectivity index (χ3v) is 7.47. The monoisotopic (exact) mass is 526 g/mol. The van der Waals surface area contributed by atoms with Gasteiger partial charge in [0.15, 0.2) is 0 Å². The number of fused-ring (bicyclic) bond motifs is 1. The fraction of sp³-hybridized carbons (Fsp3) is 0.344. The third kappa shape index (κ3) is 6.42. The number of aliphatic imine (C=N–C) groups is 1. The minimum Gasteiger partial charge on any atom is -0.352 e. The van der Waals surface area contributed by atoms with E-state index in [1.165, 1.54) is 18.6 Å². The highest BCUT2D eigenvalue weighted by Crippen LogP contribution is 2.37. The van der Waals surface area contributed by atoms with Crippen molar-refractivity contribution in [1.82, 2.24) is 10.2 Å². The van der Waals surface area contributed by atoms with Crippen LogP contribution >= 0.6 is 0 Å². The number of hydrogen-bond donors (Lipinski definition) is 2. The fourth-order valence-corrected chi connectivity index (χ4v) is 5.52. The molecule has 2 aliphatic rings. The van der Waals surface area contributed by atoms with Crippen LogP contribution in [-0.4, -0.2) is 36.5 Å². The first-order valence-electron chi connectivity index (χ1n) is 13.7. The molecule has 1 unspecified atom stereocenters. The highest BCUT2D eigenvalue weighted by atomic mass is 19.1. The molecule has 5 rings (SSSR count). The van der Waals surface area contributed by atoms with Gasteiger partial charge < -0.3 is 15.5 Å². The normalized spacial score (nSPS) is 17.7. The first kappa shape index (κ1) is 26.8. The summed E-state index contributed by atoms with van der Waals surface area (Å²) < 4.78 is 13.9. The van der Waals surface area contributed by atoms with Crippen molar-refractivity contribution in [3.63, 3.8) is 0 Å². The number of hydrogen-bond acceptors (Lipinski definition) is 4. The van der Waals surface area contributed by atoms with Crippen LogP contribution in [0.4, 0.5) is 15.8 Å². The van der Waals surface area contributed by atoms with Crippen molar-refractivity contribution < 1.29 is 14.0 Å². The van der Waals surface area contributed by atoms with E-state index in [1.807, 2.05) is 62.6 Å². The number of nitrogens with zero attached hydrogens (tertiary/aromatic N) is 2. The van der Waals surface area contributed by atoms with Crippen molar-refractivity contribution in [1.29, 1.82) is 0 Å². The Morgan fingerprint density at radius 2 is 1.77 bits per heavy atom. The van der Waals surface area contributed by atoms with E-state index in [9.17, 15) is 14.0 Å². The molecule has 3 aromatic rings. The van der Waals surface area contributed by atoms with Gasteiger partial charge in [0, 0.05) is 24.7 Å². The Labute approximate surface area is 229 Å². The largest absolute Gasteiger partial charge is 0.352 e. The SMILES string of the molecule is CN(C)Cc1ccc(N=C(c2cccc(CNC(=O)C3CCCCC3)c2)C2C(=O)Nc3cc(F)ccc32)cc1. The fourth-order valence-electron chi connectivity index (χ4n) is 5.52. The number of halogens is 1. The molecule has 0 radical (unpaired) electrons. The zero-order valence-electron chi connectivity index (χ0n) is 22.5. The maximum atomic E-state index is 13.9. The number of carbonyl (C=O) groups excluding carboxylic acids is 2. The van der Waals surface area contributed by atoms with Crippen LogP contribution in [0, 0.1) is 11.7 Å². The summed E-state index contributed by atoms with van der Waals surface area (Å²) in [6.07, 6.45) is 5.33. The second kappa shape index (κ2) is 11.9. The maximum absolute atomic E-state index is 13.9. The molecule has 0 saturated heterocycles. The average molecular weight is 527 g/mol. The van der Waals surface area contributed by atoms with E-state index in [4.69, 9.17) is 4.99 Å². The molecule has 39 heavy (non-hydrogen) atoms. The molecule has 1 fully saturated rings. The lowest BCUT2D eigenvalue weighted by atomic mass is 9.88. The molecule has 0 spiro atoms. The molecule has 2 N–H and O–H groups in total. The molecular weight excluding hydrogens is 491 g/mol. The Kier molecular flexibility index (Phi) is 8.17. The molecule has 1 aliphatic heterocycles. The van der Waals surface area contributed by atoms with Gasteiger partial charge in [0.05, 0.1) is 11.4 Å². The van der Waals surface area contributed by atoms with Crippen LogP contribution < -0.4 is 10.6 Å². The molecular formula is C32H35FN4O2. The second-order valence-electron chi connectivity index (χ2n) is 10.8. The van der Waals surface area contributed by atoms with E-state index < -0.39 is 11.7 Å². The van der Waals surface area contributed by atoms with Crippen molar-refractivity contribution in [2.24, 2.45) is 10.9 Å². The van der Waals surface area contributed by atoms with E-state index in [1.54, 1.807) is 6.07 Å². The van der Waals surface area contributed by atoms with E-state index in [2.05, 4.69) is 15.5 Å². The summed E-state index contributed by atoms with van der Waals surface area (Å²) in [5.41, 5.74) is 5.36. The van der Waals surface area contributed by atoms with E-state index in [0.29, 0.717) is 23.5 Å². The van der Waals surface area contributed by atoms with Crippen LogP contribution in [0.5, 0.6) is 0 Å². The lowest BCUT2D eigenvalue weighted by Crippen LogP contribution is -2.31. The summed E-state index contributed by atoms with van der Waals surface area (Å²) in [7, 11) is 4.04. The van der Waals surface area contributed by atoms with Crippen molar-refractivity contribution >= 4 is 28.9 Å². The minimum absolute atomic E-state index is 0.0913. The third-order valence-electron chi connectivity index (χ3n) is 7.47. The van der Waals surface area contributed by atoms with E-state index >= 15 is 0 Å². The molecule has 202 valence electrons. The predicted octanol–water partition coefficient (Wildman–Crippen LogP) is 5.94. The molecule has 2 amide bonds. The summed E-state index contributed by atoms with van der Waals surface area (Å²) in [6.45, 7) is 1.23. The van der Waals surface area contributed by atoms with E-state index in [-0.39, 0.29) is 17.7 Å². The number of amides is 2.